The molecule has 3 rings (SSSR count). The van der Waals surface area contributed by atoms with Gasteiger partial charge in [0.25, 0.3) is 0 Å². The number of morpholine rings is 1. The average Bonchev–Trinajstić information content (AvgIpc) is 2.63. The second-order valence-electron chi connectivity index (χ2n) is 6.06. The van der Waals surface area contributed by atoms with E-state index in [4.69, 9.17) is 4.74 Å². The molecule has 2 N–H and O–H groups in total. The lowest BCUT2D eigenvalue weighted by atomic mass is 10.2. The number of urea groups is 1. The molecule has 132 valence electrons. The Labute approximate surface area is 161 Å². The maximum atomic E-state index is 12.0. The molecule has 2 aromatic carbocycles. The van der Waals surface area contributed by atoms with Gasteiger partial charge in [-0.15, -0.1) is 0 Å². The Morgan fingerprint density at radius 2 is 1.92 bits per heavy atom. The molecule has 0 aromatic heterocycles. The van der Waals surface area contributed by atoms with Gasteiger partial charge >= 0.3 is 6.03 Å². The molecule has 0 aliphatic carbocycles. The Morgan fingerprint density at radius 3 is 2.68 bits per heavy atom. The second kappa shape index (κ2) is 9.17. The largest absolute Gasteiger partial charge is 0.374 e. The van der Waals surface area contributed by atoms with E-state index in [1.165, 1.54) is 5.56 Å². The number of nitrogens with one attached hydrogen (secondary N) is 2. The molecule has 2 aromatic rings. The Kier molecular flexibility index (Phi) is 6.66. The van der Waals surface area contributed by atoms with Crippen molar-refractivity contribution in [1.29, 1.82) is 0 Å². The lowest BCUT2D eigenvalue weighted by molar-refractivity contribution is -0.0285. The van der Waals surface area contributed by atoms with Crippen LogP contribution in [0.1, 0.15) is 5.56 Å². The van der Waals surface area contributed by atoms with Gasteiger partial charge in [-0.05, 0) is 52.4 Å². The van der Waals surface area contributed by atoms with Gasteiger partial charge in [-0.25, -0.2) is 4.79 Å². The molecule has 1 saturated heterocycles. The molecule has 5 nitrogen and oxygen atoms in total. The fourth-order valence-corrected chi connectivity index (χ4v) is 3.16. The first-order valence-electron chi connectivity index (χ1n) is 8.37. The molecule has 1 aliphatic rings. The van der Waals surface area contributed by atoms with Crippen LogP contribution in [0.2, 0.25) is 0 Å². The van der Waals surface area contributed by atoms with Crippen molar-refractivity contribution in [1.82, 2.24) is 10.2 Å². The van der Waals surface area contributed by atoms with Crippen LogP contribution in [-0.2, 0) is 11.3 Å². The number of benzene rings is 2. The highest BCUT2D eigenvalue weighted by molar-refractivity contribution is 14.1. The lowest BCUT2D eigenvalue weighted by Crippen LogP contribution is -2.47. The number of halogens is 1. The van der Waals surface area contributed by atoms with E-state index < -0.39 is 0 Å². The highest BCUT2D eigenvalue weighted by Gasteiger charge is 2.21. The molecular formula is C19H22IN3O2. The summed E-state index contributed by atoms with van der Waals surface area (Å²) in [5.74, 6) is 0. The van der Waals surface area contributed by atoms with E-state index in [9.17, 15) is 4.79 Å². The summed E-state index contributed by atoms with van der Waals surface area (Å²) in [5, 5.41) is 5.73. The first-order valence-corrected chi connectivity index (χ1v) is 9.45. The van der Waals surface area contributed by atoms with Crippen LogP contribution in [0.15, 0.2) is 54.6 Å². The maximum Gasteiger partial charge on any atom is 0.319 e. The van der Waals surface area contributed by atoms with Gasteiger partial charge in [0.15, 0.2) is 0 Å². The van der Waals surface area contributed by atoms with Gasteiger partial charge in [-0.3, -0.25) is 4.90 Å². The van der Waals surface area contributed by atoms with Crippen LogP contribution in [0.5, 0.6) is 0 Å². The number of carbonyl (C=O) groups is 1. The van der Waals surface area contributed by atoms with Crippen LogP contribution in [-0.4, -0.2) is 43.3 Å². The molecule has 0 radical (unpaired) electrons. The van der Waals surface area contributed by atoms with Crippen LogP contribution in [0.4, 0.5) is 10.5 Å². The number of rotatable bonds is 5. The fraction of sp³-hybridized carbons (Fsp3) is 0.316. The lowest BCUT2D eigenvalue weighted by Gasteiger charge is -2.33. The minimum absolute atomic E-state index is 0.0138. The molecule has 1 heterocycles. The smallest absolute Gasteiger partial charge is 0.319 e. The maximum absolute atomic E-state index is 12.0. The van der Waals surface area contributed by atoms with Crippen molar-refractivity contribution in [3.05, 3.63) is 63.7 Å². The van der Waals surface area contributed by atoms with Gasteiger partial charge in [-0.1, -0.05) is 30.3 Å². The number of ether oxygens (including phenoxy) is 1. The highest BCUT2D eigenvalue weighted by atomic mass is 127. The third kappa shape index (κ3) is 5.98. The Morgan fingerprint density at radius 1 is 1.16 bits per heavy atom. The van der Waals surface area contributed by atoms with Crippen molar-refractivity contribution < 1.29 is 9.53 Å². The molecule has 1 aliphatic heterocycles. The van der Waals surface area contributed by atoms with Gasteiger partial charge in [-0.2, -0.15) is 0 Å². The summed E-state index contributed by atoms with van der Waals surface area (Å²) in [5.41, 5.74) is 2.08. The normalized spacial score (nSPS) is 17.9. The van der Waals surface area contributed by atoms with Crippen LogP contribution in [0, 0.1) is 3.57 Å². The summed E-state index contributed by atoms with van der Waals surface area (Å²) in [6, 6.07) is 17.9. The van der Waals surface area contributed by atoms with E-state index in [0.717, 1.165) is 28.9 Å². The minimum Gasteiger partial charge on any atom is -0.374 e. The van der Waals surface area contributed by atoms with Crippen LogP contribution in [0.3, 0.4) is 0 Å². The quantitative estimate of drug-likeness (QED) is 0.687. The predicted molar refractivity (Wildman–Crippen MR) is 108 cm³/mol. The van der Waals surface area contributed by atoms with Crippen molar-refractivity contribution in [3.63, 3.8) is 0 Å². The summed E-state index contributed by atoms with van der Waals surface area (Å²) in [6.45, 7) is 3.84. The Bertz CT molecular complexity index is 679. The molecule has 1 unspecified atom stereocenters. The van der Waals surface area contributed by atoms with Crippen LogP contribution >= 0.6 is 22.6 Å². The number of amides is 2. The zero-order valence-corrected chi connectivity index (χ0v) is 16.1. The van der Waals surface area contributed by atoms with Gasteiger partial charge < -0.3 is 15.4 Å². The molecule has 2 amide bonds. The average molecular weight is 451 g/mol. The first kappa shape index (κ1) is 18.2. The third-order valence-corrected chi connectivity index (χ3v) is 4.78. The molecule has 0 saturated carbocycles. The number of nitrogens with zero attached hydrogens (tertiary/aromatic N) is 1. The zero-order valence-electron chi connectivity index (χ0n) is 14.0. The molecule has 25 heavy (non-hydrogen) atoms. The van der Waals surface area contributed by atoms with Gasteiger partial charge in [0.2, 0.25) is 0 Å². The van der Waals surface area contributed by atoms with E-state index in [1.54, 1.807) is 0 Å². The Hall–Kier alpha value is -1.64. The van der Waals surface area contributed by atoms with Gasteiger partial charge in [0.1, 0.15) is 0 Å². The molecule has 0 spiro atoms. The first-order chi connectivity index (χ1) is 12.2. The second-order valence-corrected chi connectivity index (χ2v) is 7.30. The van der Waals surface area contributed by atoms with Crippen molar-refractivity contribution in [2.75, 3.05) is 31.6 Å². The SMILES string of the molecule is O=C(NCC1CN(Cc2ccccc2)CCO1)Nc1ccc(I)cc1. The van der Waals surface area contributed by atoms with Crippen molar-refractivity contribution in [2.45, 2.75) is 12.6 Å². The summed E-state index contributed by atoms with van der Waals surface area (Å²) >= 11 is 2.24. The fourth-order valence-electron chi connectivity index (χ4n) is 2.80. The molecule has 0 bridgehead atoms. The van der Waals surface area contributed by atoms with Gasteiger partial charge in [0, 0.05) is 35.4 Å². The van der Waals surface area contributed by atoms with E-state index >= 15 is 0 Å². The Balaban J connectivity index is 1.43. The topological polar surface area (TPSA) is 53.6 Å². The summed E-state index contributed by atoms with van der Waals surface area (Å²) in [4.78, 5) is 14.4. The number of anilines is 1. The van der Waals surface area contributed by atoms with Crippen molar-refractivity contribution in [3.8, 4) is 0 Å². The number of hydrogen-bond donors (Lipinski definition) is 2. The van der Waals surface area contributed by atoms with Crippen molar-refractivity contribution >= 4 is 34.3 Å². The van der Waals surface area contributed by atoms with Gasteiger partial charge in [0.05, 0.1) is 12.7 Å². The van der Waals surface area contributed by atoms with Crippen LogP contribution < -0.4 is 10.6 Å². The standard InChI is InChI=1S/C19H22IN3O2/c20-16-6-8-17(9-7-16)22-19(24)21-12-18-14-23(10-11-25-18)13-15-4-2-1-3-5-15/h1-9,18H,10-14H2,(H2,21,22,24). The number of hydrogen-bond acceptors (Lipinski definition) is 3. The summed E-state index contributed by atoms with van der Waals surface area (Å²) < 4.78 is 6.91. The van der Waals surface area contributed by atoms with Crippen molar-refractivity contribution in [2.24, 2.45) is 0 Å². The molecule has 1 atom stereocenters. The summed E-state index contributed by atoms with van der Waals surface area (Å²) in [7, 11) is 0. The van der Waals surface area contributed by atoms with E-state index in [0.29, 0.717) is 13.2 Å². The van der Waals surface area contributed by atoms with Crippen LogP contribution in [0.25, 0.3) is 0 Å². The molecule has 6 heteroatoms. The molecule has 1 fully saturated rings. The summed E-state index contributed by atoms with van der Waals surface area (Å²) in [6.07, 6.45) is 0.0138. The predicted octanol–water partition coefficient (Wildman–Crippen LogP) is 3.31. The third-order valence-electron chi connectivity index (χ3n) is 4.06. The monoisotopic (exact) mass is 451 g/mol. The van der Waals surface area contributed by atoms with E-state index in [1.807, 2.05) is 30.3 Å². The minimum atomic E-state index is -0.204. The molecular weight excluding hydrogens is 429 g/mol. The zero-order chi connectivity index (χ0) is 17.5. The van der Waals surface area contributed by atoms with E-state index in [-0.39, 0.29) is 12.1 Å². The highest BCUT2D eigenvalue weighted by Crippen LogP contribution is 2.12. The van der Waals surface area contributed by atoms with E-state index in [2.05, 4.69) is 62.4 Å². The number of carbonyl (C=O) groups excluding carboxylic acids is 1.